The van der Waals surface area contributed by atoms with Crippen LogP contribution >= 0.6 is 11.3 Å². The molecular formula is C16H24N2OS. The van der Waals surface area contributed by atoms with Crippen molar-refractivity contribution in [3.05, 3.63) is 22.4 Å². The number of amides is 1. The Kier molecular flexibility index (Phi) is 4.41. The molecule has 0 bridgehead atoms. The molecular weight excluding hydrogens is 268 g/mol. The first-order valence-electron chi connectivity index (χ1n) is 7.77. The van der Waals surface area contributed by atoms with Crippen LogP contribution in [-0.2, 0) is 11.2 Å². The van der Waals surface area contributed by atoms with E-state index in [4.69, 9.17) is 0 Å². The van der Waals surface area contributed by atoms with Gasteiger partial charge in [0.2, 0.25) is 5.91 Å². The molecule has 0 radical (unpaired) electrons. The normalized spacial score (nSPS) is 21.0. The highest BCUT2D eigenvalue weighted by Gasteiger charge is 2.44. The van der Waals surface area contributed by atoms with E-state index in [0.717, 1.165) is 13.0 Å². The zero-order chi connectivity index (χ0) is 13.8. The Morgan fingerprint density at radius 2 is 2.15 bits per heavy atom. The van der Waals surface area contributed by atoms with Gasteiger partial charge in [-0.2, -0.15) is 0 Å². The van der Waals surface area contributed by atoms with E-state index in [1.165, 1.54) is 50.2 Å². The Morgan fingerprint density at radius 3 is 2.80 bits per heavy atom. The third kappa shape index (κ3) is 3.83. The summed E-state index contributed by atoms with van der Waals surface area (Å²) in [5.41, 5.74) is 0.406. The summed E-state index contributed by atoms with van der Waals surface area (Å²) in [5, 5.41) is 5.23. The quantitative estimate of drug-likeness (QED) is 0.838. The van der Waals surface area contributed by atoms with Gasteiger partial charge in [-0.05, 0) is 56.6 Å². The zero-order valence-corrected chi connectivity index (χ0v) is 12.9. The molecule has 1 aromatic heterocycles. The topological polar surface area (TPSA) is 32.3 Å². The van der Waals surface area contributed by atoms with E-state index in [1.54, 1.807) is 11.3 Å². The summed E-state index contributed by atoms with van der Waals surface area (Å²) in [6.45, 7) is 4.59. The molecule has 0 atom stereocenters. The van der Waals surface area contributed by atoms with Gasteiger partial charge in [0, 0.05) is 29.8 Å². The maximum absolute atomic E-state index is 11.9. The van der Waals surface area contributed by atoms with Gasteiger partial charge in [0.15, 0.2) is 0 Å². The number of rotatable bonds is 7. The van der Waals surface area contributed by atoms with Crippen LogP contribution in [0.2, 0.25) is 0 Å². The van der Waals surface area contributed by atoms with E-state index in [2.05, 4.69) is 21.7 Å². The highest BCUT2D eigenvalue weighted by molar-refractivity contribution is 7.09. The lowest BCUT2D eigenvalue weighted by Crippen LogP contribution is -2.37. The molecule has 0 unspecified atom stereocenters. The molecule has 1 amide bonds. The third-order valence-electron chi connectivity index (χ3n) is 4.55. The molecule has 0 aromatic carbocycles. The van der Waals surface area contributed by atoms with Gasteiger partial charge < -0.3 is 10.2 Å². The Balaban J connectivity index is 1.36. The number of carbonyl (C=O) groups is 1. The summed E-state index contributed by atoms with van der Waals surface area (Å²) in [5.74, 6) is 0.214. The first-order valence-corrected chi connectivity index (χ1v) is 8.65. The first-order chi connectivity index (χ1) is 9.76. The summed E-state index contributed by atoms with van der Waals surface area (Å²) < 4.78 is 0. The van der Waals surface area contributed by atoms with E-state index in [0.29, 0.717) is 11.8 Å². The largest absolute Gasteiger partial charge is 0.355 e. The smallest absolute Gasteiger partial charge is 0.220 e. The number of likely N-dealkylation sites (tertiary alicyclic amines) is 1. The molecule has 2 fully saturated rings. The van der Waals surface area contributed by atoms with Crippen molar-refractivity contribution in [2.45, 2.75) is 38.5 Å². The second-order valence-electron chi connectivity index (χ2n) is 6.34. The van der Waals surface area contributed by atoms with Crippen molar-refractivity contribution in [3.8, 4) is 0 Å². The summed E-state index contributed by atoms with van der Waals surface area (Å²) in [7, 11) is 0. The van der Waals surface area contributed by atoms with Crippen LogP contribution in [0.4, 0.5) is 0 Å². The average Bonchev–Trinajstić information content (AvgIpc) is 2.88. The number of nitrogens with one attached hydrogen (secondary N) is 1. The fourth-order valence-electron chi connectivity index (χ4n) is 3.05. The maximum Gasteiger partial charge on any atom is 0.220 e. The van der Waals surface area contributed by atoms with Gasteiger partial charge in [0.05, 0.1) is 0 Å². The molecule has 2 aliphatic rings. The van der Waals surface area contributed by atoms with Crippen molar-refractivity contribution in [1.82, 2.24) is 10.2 Å². The molecule has 1 saturated heterocycles. The SMILES string of the molecule is O=C(CCc1cccs1)NCC1(CN2CCCC2)CC1. The molecule has 110 valence electrons. The second kappa shape index (κ2) is 6.27. The lowest BCUT2D eigenvalue weighted by molar-refractivity contribution is -0.121. The van der Waals surface area contributed by atoms with Crippen LogP contribution in [0.3, 0.4) is 0 Å². The minimum absolute atomic E-state index is 0.214. The molecule has 1 aliphatic heterocycles. The molecule has 1 aliphatic carbocycles. The first kappa shape index (κ1) is 14.1. The number of aryl methyl sites for hydroxylation is 1. The van der Waals surface area contributed by atoms with Gasteiger partial charge >= 0.3 is 0 Å². The number of thiophene rings is 1. The van der Waals surface area contributed by atoms with Gasteiger partial charge in [-0.3, -0.25) is 4.79 Å². The van der Waals surface area contributed by atoms with Crippen LogP contribution in [0.25, 0.3) is 0 Å². The fraction of sp³-hybridized carbons (Fsp3) is 0.688. The minimum Gasteiger partial charge on any atom is -0.355 e. The Bertz CT molecular complexity index is 433. The van der Waals surface area contributed by atoms with E-state index in [9.17, 15) is 4.79 Å². The van der Waals surface area contributed by atoms with Crippen molar-refractivity contribution in [2.75, 3.05) is 26.2 Å². The van der Waals surface area contributed by atoms with Gasteiger partial charge in [-0.25, -0.2) is 0 Å². The van der Waals surface area contributed by atoms with Crippen LogP contribution in [-0.4, -0.2) is 37.0 Å². The highest BCUT2D eigenvalue weighted by Crippen LogP contribution is 2.46. The Hall–Kier alpha value is -0.870. The molecule has 1 saturated carbocycles. The molecule has 4 heteroatoms. The van der Waals surface area contributed by atoms with E-state index >= 15 is 0 Å². The molecule has 1 aromatic rings. The van der Waals surface area contributed by atoms with Crippen molar-refractivity contribution in [3.63, 3.8) is 0 Å². The summed E-state index contributed by atoms with van der Waals surface area (Å²) >= 11 is 1.74. The van der Waals surface area contributed by atoms with Gasteiger partial charge in [-0.1, -0.05) is 6.07 Å². The van der Waals surface area contributed by atoms with Crippen LogP contribution in [0.1, 0.15) is 37.0 Å². The predicted molar refractivity (Wildman–Crippen MR) is 83.0 cm³/mol. The predicted octanol–water partition coefficient (Wildman–Crippen LogP) is 2.67. The van der Waals surface area contributed by atoms with Crippen molar-refractivity contribution >= 4 is 17.2 Å². The lowest BCUT2D eigenvalue weighted by atomic mass is 10.1. The van der Waals surface area contributed by atoms with E-state index in [1.807, 2.05) is 6.07 Å². The molecule has 3 nitrogen and oxygen atoms in total. The Labute approximate surface area is 125 Å². The summed E-state index contributed by atoms with van der Waals surface area (Å²) in [6.07, 6.45) is 6.78. The van der Waals surface area contributed by atoms with Crippen molar-refractivity contribution in [2.24, 2.45) is 5.41 Å². The van der Waals surface area contributed by atoms with E-state index in [-0.39, 0.29) is 5.91 Å². The molecule has 3 rings (SSSR count). The number of nitrogens with zero attached hydrogens (tertiary/aromatic N) is 1. The lowest BCUT2D eigenvalue weighted by Gasteiger charge is -2.23. The van der Waals surface area contributed by atoms with Crippen LogP contribution < -0.4 is 5.32 Å². The van der Waals surface area contributed by atoms with Crippen molar-refractivity contribution < 1.29 is 4.79 Å². The molecule has 0 spiro atoms. The van der Waals surface area contributed by atoms with Gasteiger partial charge in [-0.15, -0.1) is 11.3 Å². The number of hydrogen-bond donors (Lipinski definition) is 1. The van der Waals surface area contributed by atoms with Gasteiger partial charge in [0.25, 0.3) is 0 Å². The third-order valence-corrected chi connectivity index (χ3v) is 5.49. The zero-order valence-electron chi connectivity index (χ0n) is 12.1. The van der Waals surface area contributed by atoms with Gasteiger partial charge in [0.1, 0.15) is 0 Å². The summed E-state index contributed by atoms with van der Waals surface area (Å²) in [4.78, 5) is 15.8. The van der Waals surface area contributed by atoms with Crippen LogP contribution in [0.5, 0.6) is 0 Å². The standard InChI is InChI=1S/C16H24N2OS/c19-15(6-5-14-4-3-11-20-14)17-12-16(7-8-16)13-18-9-1-2-10-18/h3-4,11H,1-2,5-10,12-13H2,(H,17,19). The Morgan fingerprint density at radius 1 is 1.35 bits per heavy atom. The average molecular weight is 292 g/mol. The summed E-state index contributed by atoms with van der Waals surface area (Å²) in [6, 6.07) is 4.15. The second-order valence-corrected chi connectivity index (χ2v) is 7.37. The van der Waals surface area contributed by atoms with Crippen LogP contribution in [0, 0.1) is 5.41 Å². The van der Waals surface area contributed by atoms with E-state index < -0.39 is 0 Å². The molecule has 2 heterocycles. The van der Waals surface area contributed by atoms with Crippen LogP contribution in [0.15, 0.2) is 17.5 Å². The number of carbonyl (C=O) groups excluding carboxylic acids is 1. The molecule has 1 N–H and O–H groups in total. The fourth-order valence-corrected chi connectivity index (χ4v) is 3.76. The monoisotopic (exact) mass is 292 g/mol. The minimum atomic E-state index is 0.214. The number of hydrogen-bond acceptors (Lipinski definition) is 3. The molecule has 20 heavy (non-hydrogen) atoms. The maximum atomic E-state index is 11.9. The van der Waals surface area contributed by atoms with Crippen molar-refractivity contribution in [1.29, 1.82) is 0 Å². The highest BCUT2D eigenvalue weighted by atomic mass is 32.1.